The Morgan fingerprint density at radius 2 is 2.32 bits per heavy atom. The summed E-state index contributed by atoms with van der Waals surface area (Å²) in [6.07, 6.45) is 4.92. The van der Waals surface area contributed by atoms with Gasteiger partial charge in [0.05, 0.1) is 18.8 Å². The number of aromatic nitrogens is 2. The summed E-state index contributed by atoms with van der Waals surface area (Å²) >= 11 is 0. The zero-order valence-electron chi connectivity index (χ0n) is 11.7. The van der Waals surface area contributed by atoms with E-state index in [0.717, 1.165) is 37.0 Å². The topological polar surface area (TPSA) is 50.3 Å². The molecule has 2 heterocycles. The van der Waals surface area contributed by atoms with Crippen molar-refractivity contribution < 1.29 is 4.74 Å². The maximum Gasteiger partial charge on any atom is 0.134 e. The number of nitrogens with one attached hydrogen (secondary N) is 1. The molecule has 1 aromatic rings. The van der Waals surface area contributed by atoms with Gasteiger partial charge in [-0.05, 0) is 19.3 Å². The maximum absolute atomic E-state index is 5.87. The van der Waals surface area contributed by atoms with Crippen LogP contribution < -0.4 is 10.2 Å². The van der Waals surface area contributed by atoms with Gasteiger partial charge in [0, 0.05) is 26.1 Å². The second-order valence-corrected chi connectivity index (χ2v) is 5.23. The molecule has 0 radical (unpaired) electrons. The largest absolute Gasteiger partial charge is 0.374 e. The Labute approximate surface area is 114 Å². The van der Waals surface area contributed by atoms with Crippen LogP contribution in [0, 0.1) is 0 Å². The second-order valence-electron chi connectivity index (χ2n) is 5.23. The van der Waals surface area contributed by atoms with Crippen LogP contribution in [0.2, 0.25) is 0 Å². The number of nitrogens with zero attached hydrogens (tertiary/aromatic N) is 3. The third-order valence-corrected chi connectivity index (χ3v) is 4.11. The van der Waals surface area contributed by atoms with E-state index in [4.69, 9.17) is 9.72 Å². The lowest BCUT2D eigenvalue weighted by atomic mass is 10.1. The summed E-state index contributed by atoms with van der Waals surface area (Å²) in [6, 6.07) is 2.55. The van der Waals surface area contributed by atoms with Gasteiger partial charge in [0.2, 0.25) is 0 Å². The summed E-state index contributed by atoms with van der Waals surface area (Å²) in [5.74, 6) is 2.86. The molecule has 19 heavy (non-hydrogen) atoms. The molecule has 0 aromatic carbocycles. The molecule has 2 unspecified atom stereocenters. The van der Waals surface area contributed by atoms with Gasteiger partial charge in [0.25, 0.3) is 0 Å². The van der Waals surface area contributed by atoms with Gasteiger partial charge in [-0.3, -0.25) is 0 Å². The summed E-state index contributed by atoms with van der Waals surface area (Å²) < 4.78 is 5.87. The number of hydrogen-bond acceptors (Lipinski definition) is 5. The minimum Gasteiger partial charge on any atom is -0.374 e. The third kappa shape index (κ3) is 2.39. The van der Waals surface area contributed by atoms with Gasteiger partial charge in [0.15, 0.2) is 0 Å². The number of fused-ring (bicyclic) bond motifs is 1. The average Bonchev–Trinajstić information content (AvgIpc) is 2.94. The van der Waals surface area contributed by atoms with Crippen LogP contribution >= 0.6 is 0 Å². The zero-order chi connectivity index (χ0) is 13.2. The summed E-state index contributed by atoms with van der Waals surface area (Å²) in [5, 5.41) is 3.13. The molecule has 1 aromatic heterocycles. The molecule has 0 amide bonds. The van der Waals surface area contributed by atoms with Gasteiger partial charge >= 0.3 is 0 Å². The number of ether oxygens (including phenoxy) is 1. The normalized spacial score (nSPS) is 26.3. The molecule has 2 fully saturated rings. The predicted molar refractivity (Wildman–Crippen MR) is 75.7 cm³/mol. The molecule has 1 saturated carbocycles. The van der Waals surface area contributed by atoms with Crippen LogP contribution in [0.5, 0.6) is 0 Å². The summed E-state index contributed by atoms with van der Waals surface area (Å²) in [7, 11) is 1.91. The van der Waals surface area contributed by atoms with Crippen molar-refractivity contribution in [2.75, 3.05) is 30.4 Å². The average molecular weight is 262 g/mol. The van der Waals surface area contributed by atoms with Gasteiger partial charge in [0.1, 0.15) is 17.5 Å². The Hall–Kier alpha value is -1.36. The number of hydrogen-bond donors (Lipinski definition) is 1. The van der Waals surface area contributed by atoms with Gasteiger partial charge in [-0.15, -0.1) is 0 Å². The Bertz CT molecular complexity index is 429. The van der Waals surface area contributed by atoms with Crippen LogP contribution in [0.3, 0.4) is 0 Å². The fraction of sp³-hybridized carbons (Fsp3) is 0.714. The summed E-state index contributed by atoms with van der Waals surface area (Å²) in [4.78, 5) is 11.6. The quantitative estimate of drug-likeness (QED) is 0.900. The first-order valence-corrected chi connectivity index (χ1v) is 7.25. The molecule has 5 nitrogen and oxygen atoms in total. The predicted octanol–water partition coefficient (Wildman–Crippen LogP) is 1.84. The number of morpholine rings is 1. The number of aryl methyl sites for hydroxylation is 1. The van der Waals surface area contributed by atoms with E-state index in [9.17, 15) is 0 Å². The molecule has 1 aliphatic carbocycles. The lowest BCUT2D eigenvalue weighted by Gasteiger charge is -2.38. The van der Waals surface area contributed by atoms with E-state index >= 15 is 0 Å². The van der Waals surface area contributed by atoms with Crippen molar-refractivity contribution in [1.82, 2.24) is 9.97 Å². The van der Waals surface area contributed by atoms with Crippen molar-refractivity contribution in [3.05, 3.63) is 11.9 Å². The van der Waals surface area contributed by atoms with Crippen LogP contribution in [0.25, 0.3) is 0 Å². The highest BCUT2D eigenvalue weighted by molar-refractivity contribution is 5.50. The Morgan fingerprint density at radius 1 is 1.42 bits per heavy atom. The molecule has 1 aliphatic heterocycles. The van der Waals surface area contributed by atoms with Crippen molar-refractivity contribution in [3.8, 4) is 0 Å². The van der Waals surface area contributed by atoms with Crippen LogP contribution in [0.15, 0.2) is 6.07 Å². The van der Waals surface area contributed by atoms with Crippen molar-refractivity contribution in [2.45, 2.75) is 44.8 Å². The molecule has 5 heteroatoms. The lowest BCUT2D eigenvalue weighted by molar-refractivity contribution is 0.0253. The lowest BCUT2D eigenvalue weighted by Crippen LogP contribution is -2.49. The van der Waals surface area contributed by atoms with Gasteiger partial charge < -0.3 is 15.0 Å². The van der Waals surface area contributed by atoms with Crippen molar-refractivity contribution in [2.24, 2.45) is 0 Å². The van der Waals surface area contributed by atoms with E-state index in [1.165, 1.54) is 19.3 Å². The van der Waals surface area contributed by atoms with Crippen LogP contribution in [0.1, 0.15) is 32.0 Å². The molecular weight excluding hydrogens is 240 g/mol. The molecule has 2 aliphatic rings. The highest BCUT2D eigenvalue weighted by Crippen LogP contribution is 2.32. The van der Waals surface area contributed by atoms with Crippen molar-refractivity contribution in [1.29, 1.82) is 0 Å². The van der Waals surface area contributed by atoms with E-state index in [1.807, 2.05) is 7.05 Å². The van der Waals surface area contributed by atoms with Crippen molar-refractivity contribution in [3.63, 3.8) is 0 Å². The first kappa shape index (κ1) is 12.7. The third-order valence-electron chi connectivity index (χ3n) is 4.11. The summed E-state index contributed by atoms with van der Waals surface area (Å²) in [6.45, 7) is 3.84. The van der Waals surface area contributed by atoms with Gasteiger partial charge in [-0.1, -0.05) is 6.92 Å². The highest BCUT2D eigenvalue weighted by Gasteiger charge is 2.36. The molecule has 0 bridgehead atoms. The number of rotatable bonds is 3. The molecule has 0 spiro atoms. The number of anilines is 2. The van der Waals surface area contributed by atoms with E-state index < -0.39 is 0 Å². The zero-order valence-corrected chi connectivity index (χ0v) is 11.7. The minimum absolute atomic E-state index is 0.395. The first-order valence-electron chi connectivity index (χ1n) is 7.25. The molecular formula is C14H22N4O. The minimum atomic E-state index is 0.395. The molecule has 104 valence electrons. The first-order chi connectivity index (χ1) is 9.31. The van der Waals surface area contributed by atoms with E-state index in [-0.39, 0.29) is 0 Å². The van der Waals surface area contributed by atoms with Crippen LogP contribution in [-0.4, -0.2) is 42.3 Å². The fourth-order valence-corrected chi connectivity index (χ4v) is 3.13. The maximum atomic E-state index is 5.87. The molecule has 1 N–H and O–H groups in total. The Balaban J connectivity index is 1.91. The highest BCUT2D eigenvalue weighted by atomic mass is 16.5. The fourth-order valence-electron chi connectivity index (χ4n) is 3.13. The molecule has 1 saturated heterocycles. The Morgan fingerprint density at radius 3 is 3.11 bits per heavy atom. The van der Waals surface area contributed by atoms with E-state index in [0.29, 0.717) is 12.1 Å². The van der Waals surface area contributed by atoms with Gasteiger partial charge in [-0.25, -0.2) is 9.97 Å². The van der Waals surface area contributed by atoms with E-state index in [2.05, 4.69) is 28.2 Å². The summed E-state index contributed by atoms with van der Waals surface area (Å²) in [5.41, 5.74) is 0. The molecule has 2 atom stereocenters. The Kier molecular flexibility index (Phi) is 3.55. The smallest absolute Gasteiger partial charge is 0.134 e. The van der Waals surface area contributed by atoms with Crippen molar-refractivity contribution >= 4 is 11.6 Å². The molecule has 3 rings (SSSR count). The van der Waals surface area contributed by atoms with E-state index in [1.54, 1.807) is 0 Å². The van der Waals surface area contributed by atoms with Gasteiger partial charge in [-0.2, -0.15) is 0 Å². The second kappa shape index (κ2) is 5.33. The van der Waals surface area contributed by atoms with Crippen LogP contribution in [0.4, 0.5) is 11.6 Å². The standard InChI is InChI=1S/C14H22N4O/c1-3-12-16-13(15-2)9-14(17-12)18-7-8-19-11-6-4-5-10(11)18/h9-11H,3-8H2,1-2H3,(H,15,16,17). The van der Waals surface area contributed by atoms with Crippen LogP contribution in [-0.2, 0) is 11.2 Å². The SMILES string of the molecule is CCc1nc(NC)cc(N2CCOC3CCCC32)n1. The monoisotopic (exact) mass is 262 g/mol.